The molecule has 0 saturated carbocycles. The highest BCUT2D eigenvalue weighted by molar-refractivity contribution is 5.92. The molecule has 116 valence electrons. The number of hydrogen-bond acceptors (Lipinski definition) is 3. The van der Waals surface area contributed by atoms with Crippen LogP contribution in [0.4, 0.5) is 5.69 Å². The van der Waals surface area contributed by atoms with Crippen molar-refractivity contribution in [3.8, 4) is 0 Å². The molecule has 0 fully saturated rings. The first-order chi connectivity index (χ1) is 9.79. The van der Waals surface area contributed by atoms with E-state index in [1.165, 1.54) is 0 Å². The van der Waals surface area contributed by atoms with Gasteiger partial charge in [0, 0.05) is 18.3 Å². The van der Waals surface area contributed by atoms with Gasteiger partial charge in [-0.3, -0.25) is 14.5 Å². The van der Waals surface area contributed by atoms with Gasteiger partial charge in [0.25, 0.3) is 0 Å². The van der Waals surface area contributed by atoms with Crippen LogP contribution < -0.4 is 5.32 Å². The van der Waals surface area contributed by atoms with E-state index in [-0.39, 0.29) is 18.5 Å². The second-order valence-corrected chi connectivity index (χ2v) is 5.68. The third-order valence-corrected chi connectivity index (χ3v) is 3.34. The molecule has 1 aromatic carbocycles. The van der Waals surface area contributed by atoms with Gasteiger partial charge in [-0.1, -0.05) is 24.6 Å². The standard InChI is InChI=1S/C16H24N2O3/c1-11(2)18(9-13(4)16(20)21)10-15(19)17-14-7-5-12(3)6-8-14/h5-8,11,13H,9-10H2,1-4H3,(H,17,19)(H,20,21). The number of hydrogen-bond donors (Lipinski definition) is 2. The van der Waals surface area contributed by atoms with Crippen LogP contribution in [-0.4, -0.2) is 41.0 Å². The molecule has 0 aliphatic heterocycles. The third-order valence-electron chi connectivity index (χ3n) is 3.34. The molecule has 0 radical (unpaired) electrons. The average Bonchev–Trinajstić information content (AvgIpc) is 2.40. The number of aliphatic carboxylic acids is 1. The SMILES string of the molecule is Cc1ccc(NC(=O)CN(CC(C)C(=O)O)C(C)C)cc1. The van der Waals surface area contributed by atoms with Crippen molar-refractivity contribution in [1.82, 2.24) is 4.90 Å². The van der Waals surface area contributed by atoms with Crippen molar-refractivity contribution in [1.29, 1.82) is 0 Å². The molecule has 0 spiro atoms. The van der Waals surface area contributed by atoms with Crippen molar-refractivity contribution in [2.24, 2.45) is 5.92 Å². The first kappa shape index (κ1) is 17.2. The fraction of sp³-hybridized carbons (Fsp3) is 0.500. The van der Waals surface area contributed by atoms with E-state index in [9.17, 15) is 9.59 Å². The van der Waals surface area contributed by atoms with Gasteiger partial charge in [-0.25, -0.2) is 0 Å². The Hall–Kier alpha value is -1.88. The molecule has 5 nitrogen and oxygen atoms in total. The molecule has 1 atom stereocenters. The lowest BCUT2D eigenvalue weighted by Crippen LogP contribution is -2.41. The predicted octanol–water partition coefficient (Wildman–Crippen LogP) is 2.36. The Morgan fingerprint density at radius 3 is 2.24 bits per heavy atom. The second kappa shape index (κ2) is 7.78. The van der Waals surface area contributed by atoms with E-state index < -0.39 is 11.9 Å². The summed E-state index contributed by atoms with van der Waals surface area (Å²) in [5.41, 5.74) is 1.88. The number of carboxylic acids is 1. The molecule has 0 heterocycles. The number of benzene rings is 1. The zero-order valence-corrected chi connectivity index (χ0v) is 13.1. The van der Waals surface area contributed by atoms with Crippen LogP contribution in [0.5, 0.6) is 0 Å². The van der Waals surface area contributed by atoms with Crippen molar-refractivity contribution in [2.75, 3.05) is 18.4 Å². The fourth-order valence-electron chi connectivity index (χ4n) is 1.91. The molecule has 1 unspecified atom stereocenters. The monoisotopic (exact) mass is 292 g/mol. The fourth-order valence-corrected chi connectivity index (χ4v) is 1.91. The van der Waals surface area contributed by atoms with E-state index >= 15 is 0 Å². The van der Waals surface area contributed by atoms with Gasteiger partial charge in [0.05, 0.1) is 12.5 Å². The third kappa shape index (κ3) is 5.95. The molecule has 0 aliphatic rings. The lowest BCUT2D eigenvalue weighted by molar-refractivity contribution is -0.142. The summed E-state index contributed by atoms with van der Waals surface area (Å²) in [6.07, 6.45) is 0. The van der Waals surface area contributed by atoms with E-state index in [4.69, 9.17) is 5.11 Å². The van der Waals surface area contributed by atoms with Gasteiger partial charge in [0.15, 0.2) is 0 Å². The minimum atomic E-state index is -0.848. The highest BCUT2D eigenvalue weighted by Gasteiger charge is 2.20. The topological polar surface area (TPSA) is 69.6 Å². The van der Waals surface area contributed by atoms with Crippen molar-refractivity contribution in [3.05, 3.63) is 29.8 Å². The van der Waals surface area contributed by atoms with Crippen LogP contribution in [0.25, 0.3) is 0 Å². The minimum absolute atomic E-state index is 0.107. The summed E-state index contributed by atoms with van der Waals surface area (Å²) in [4.78, 5) is 24.9. The summed E-state index contributed by atoms with van der Waals surface area (Å²) >= 11 is 0. The Bertz CT molecular complexity index is 483. The number of aryl methyl sites for hydroxylation is 1. The Kier molecular flexibility index (Phi) is 6.37. The number of carbonyl (C=O) groups excluding carboxylic acids is 1. The maximum absolute atomic E-state index is 12.1. The Labute approximate surface area is 126 Å². The summed E-state index contributed by atoms with van der Waals surface area (Å²) in [6, 6.07) is 7.68. The van der Waals surface area contributed by atoms with Crippen LogP contribution in [-0.2, 0) is 9.59 Å². The Morgan fingerprint density at radius 2 is 1.76 bits per heavy atom. The molecule has 0 aliphatic carbocycles. The van der Waals surface area contributed by atoms with Gasteiger partial charge < -0.3 is 10.4 Å². The van der Waals surface area contributed by atoms with Crippen LogP contribution in [0.15, 0.2) is 24.3 Å². The first-order valence-corrected chi connectivity index (χ1v) is 7.13. The molecule has 1 aromatic rings. The number of carbonyl (C=O) groups is 2. The second-order valence-electron chi connectivity index (χ2n) is 5.68. The lowest BCUT2D eigenvalue weighted by atomic mass is 10.1. The zero-order valence-electron chi connectivity index (χ0n) is 13.1. The predicted molar refractivity (Wildman–Crippen MR) is 83.3 cm³/mol. The smallest absolute Gasteiger partial charge is 0.307 e. The van der Waals surface area contributed by atoms with Crippen LogP contribution in [0.1, 0.15) is 26.3 Å². The van der Waals surface area contributed by atoms with Crippen molar-refractivity contribution in [2.45, 2.75) is 33.7 Å². The van der Waals surface area contributed by atoms with E-state index in [0.717, 1.165) is 11.3 Å². The van der Waals surface area contributed by atoms with Crippen LogP contribution in [0.2, 0.25) is 0 Å². The maximum Gasteiger partial charge on any atom is 0.307 e. The van der Waals surface area contributed by atoms with Crippen LogP contribution in [0.3, 0.4) is 0 Å². The summed E-state index contributed by atoms with van der Waals surface area (Å²) in [6.45, 7) is 8.08. The van der Waals surface area contributed by atoms with Gasteiger partial charge in [0.2, 0.25) is 5.91 Å². The quantitative estimate of drug-likeness (QED) is 0.809. The van der Waals surface area contributed by atoms with Gasteiger partial charge >= 0.3 is 5.97 Å². The van der Waals surface area contributed by atoms with Crippen molar-refractivity contribution < 1.29 is 14.7 Å². The summed E-state index contributed by atoms with van der Waals surface area (Å²) in [7, 11) is 0. The molecule has 1 rings (SSSR count). The number of anilines is 1. The Morgan fingerprint density at radius 1 is 1.19 bits per heavy atom. The summed E-state index contributed by atoms with van der Waals surface area (Å²) in [5.74, 6) is -1.48. The molecule has 2 N–H and O–H groups in total. The zero-order chi connectivity index (χ0) is 16.0. The lowest BCUT2D eigenvalue weighted by Gasteiger charge is -2.27. The maximum atomic E-state index is 12.1. The number of amides is 1. The number of nitrogens with zero attached hydrogens (tertiary/aromatic N) is 1. The number of carboxylic acid groups (broad SMARTS) is 1. The van der Waals surface area contributed by atoms with E-state index in [0.29, 0.717) is 6.54 Å². The van der Waals surface area contributed by atoms with Crippen LogP contribution in [0, 0.1) is 12.8 Å². The largest absolute Gasteiger partial charge is 0.481 e. The Balaban J connectivity index is 2.60. The van der Waals surface area contributed by atoms with E-state index in [2.05, 4.69) is 5.32 Å². The first-order valence-electron chi connectivity index (χ1n) is 7.13. The van der Waals surface area contributed by atoms with Gasteiger partial charge in [-0.15, -0.1) is 0 Å². The highest BCUT2D eigenvalue weighted by Crippen LogP contribution is 2.10. The molecule has 0 bridgehead atoms. The summed E-state index contributed by atoms with van der Waals surface area (Å²) in [5, 5.41) is 11.8. The van der Waals surface area contributed by atoms with Crippen molar-refractivity contribution >= 4 is 17.6 Å². The molecule has 1 amide bonds. The molecule has 21 heavy (non-hydrogen) atoms. The van der Waals surface area contributed by atoms with E-state index in [1.807, 2.05) is 49.9 Å². The normalized spacial score (nSPS) is 12.5. The number of rotatable bonds is 7. The van der Waals surface area contributed by atoms with Crippen molar-refractivity contribution in [3.63, 3.8) is 0 Å². The minimum Gasteiger partial charge on any atom is -0.481 e. The molecule has 0 aromatic heterocycles. The molecular weight excluding hydrogens is 268 g/mol. The highest BCUT2D eigenvalue weighted by atomic mass is 16.4. The molecule has 0 saturated heterocycles. The average molecular weight is 292 g/mol. The summed E-state index contributed by atoms with van der Waals surface area (Å²) < 4.78 is 0. The van der Waals surface area contributed by atoms with Gasteiger partial charge in [0.1, 0.15) is 0 Å². The van der Waals surface area contributed by atoms with Gasteiger partial charge in [-0.2, -0.15) is 0 Å². The van der Waals surface area contributed by atoms with Crippen LogP contribution >= 0.6 is 0 Å². The van der Waals surface area contributed by atoms with E-state index in [1.54, 1.807) is 6.92 Å². The molecule has 5 heteroatoms. The number of nitrogens with one attached hydrogen (secondary N) is 1. The van der Waals surface area contributed by atoms with Gasteiger partial charge in [-0.05, 0) is 32.9 Å². The molecular formula is C16H24N2O3.